The van der Waals surface area contributed by atoms with Gasteiger partial charge < -0.3 is 9.80 Å². The predicted molar refractivity (Wildman–Crippen MR) is 256 cm³/mol. The molecule has 0 radical (unpaired) electrons. The van der Waals surface area contributed by atoms with E-state index in [-0.39, 0.29) is 17.5 Å². The SMILES string of the molecule is CC1CCC2(C)CC1Cc1c2cc2nc(C(C)(C)C)n3c2c1B1c2cccc4c2N2c5c(cccc5C45c4ccccc4-c4ccccc45)N(c4ccccc4)c4ccc-3c1c42. The van der Waals surface area contributed by atoms with Crippen LogP contribution in [0.5, 0.6) is 0 Å². The number of aromatic nitrogens is 2. The molecule has 1 spiro atoms. The van der Waals surface area contributed by atoms with E-state index < -0.39 is 5.41 Å². The molecule has 2 bridgehead atoms. The van der Waals surface area contributed by atoms with E-state index in [0.29, 0.717) is 5.92 Å². The molecule has 3 unspecified atom stereocenters. The van der Waals surface area contributed by atoms with Crippen molar-refractivity contribution in [1.29, 1.82) is 0 Å². The second-order valence-corrected chi connectivity index (χ2v) is 21.0. The number of para-hydroxylation sites is 3. The summed E-state index contributed by atoms with van der Waals surface area (Å²) >= 11 is 0. The molecule has 3 aliphatic carbocycles. The summed E-state index contributed by atoms with van der Waals surface area (Å²) in [7, 11) is 0. The Morgan fingerprint density at radius 1 is 0.645 bits per heavy atom. The number of fused-ring (bicyclic) bond motifs is 15. The number of rotatable bonds is 1. The Kier molecular flexibility index (Phi) is 6.08. The summed E-state index contributed by atoms with van der Waals surface area (Å²) in [6, 6.07) is 51.7. The molecule has 8 aromatic rings. The van der Waals surface area contributed by atoms with Gasteiger partial charge in [0.05, 0.1) is 39.2 Å². The molecule has 4 aliphatic heterocycles. The first-order chi connectivity index (χ1) is 30.2. The highest BCUT2D eigenvalue weighted by Gasteiger charge is 2.58. The maximum Gasteiger partial charge on any atom is 0.252 e. The van der Waals surface area contributed by atoms with Gasteiger partial charge in [0.1, 0.15) is 5.82 Å². The maximum atomic E-state index is 5.74. The van der Waals surface area contributed by atoms with Crippen LogP contribution in [0.1, 0.15) is 93.1 Å². The lowest BCUT2D eigenvalue weighted by atomic mass is 9.31. The van der Waals surface area contributed by atoms with Gasteiger partial charge in [0.15, 0.2) is 0 Å². The summed E-state index contributed by atoms with van der Waals surface area (Å²) in [5.74, 6) is 2.56. The van der Waals surface area contributed by atoms with Crippen molar-refractivity contribution in [1.82, 2.24) is 9.55 Å². The zero-order chi connectivity index (χ0) is 41.2. The molecule has 7 aliphatic rings. The first-order valence-corrected chi connectivity index (χ1v) is 23.1. The van der Waals surface area contributed by atoms with Crippen molar-refractivity contribution in [3.05, 3.63) is 173 Å². The smallest absolute Gasteiger partial charge is 0.252 e. The molecule has 3 atom stereocenters. The molecule has 298 valence electrons. The number of benzene rings is 7. The summed E-state index contributed by atoms with van der Waals surface area (Å²) in [5, 5.41) is 0. The van der Waals surface area contributed by atoms with Crippen molar-refractivity contribution in [3.8, 4) is 16.8 Å². The first-order valence-electron chi connectivity index (χ1n) is 23.1. The molecule has 62 heavy (non-hydrogen) atoms. The number of hydrogen-bond donors (Lipinski definition) is 0. The van der Waals surface area contributed by atoms with Crippen LogP contribution in [0.2, 0.25) is 0 Å². The van der Waals surface area contributed by atoms with Gasteiger partial charge in [-0.25, -0.2) is 4.98 Å². The van der Waals surface area contributed by atoms with Gasteiger partial charge in [0, 0.05) is 22.5 Å². The molecular formula is C57H47BN4. The maximum absolute atomic E-state index is 5.74. The highest BCUT2D eigenvalue weighted by Crippen LogP contribution is 2.68. The van der Waals surface area contributed by atoms with Crippen LogP contribution in [0.25, 0.3) is 27.8 Å². The quantitative estimate of drug-likeness (QED) is 0.155. The fourth-order valence-electron chi connectivity index (χ4n) is 14.4. The predicted octanol–water partition coefficient (Wildman–Crippen LogP) is 11.6. The van der Waals surface area contributed by atoms with Crippen LogP contribution in [0, 0.1) is 11.8 Å². The lowest BCUT2D eigenvalue weighted by Crippen LogP contribution is -2.64. The van der Waals surface area contributed by atoms with Crippen LogP contribution in [0.4, 0.5) is 34.1 Å². The van der Waals surface area contributed by atoms with Gasteiger partial charge in [-0.1, -0.05) is 132 Å². The van der Waals surface area contributed by atoms with Gasteiger partial charge >= 0.3 is 0 Å². The molecule has 0 saturated heterocycles. The highest BCUT2D eigenvalue weighted by molar-refractivity contribution is 7.00. The van der Waals surface area contributed by atoms with Crippen molar-refractivity contribution in [2.24, 2.45) is 11.8 Å². The average Bonchev–Trinajstić information content (AvgIpc) is 3.82. The summed E-state index contributed by atoms with van der Waals surface area (Å²) in [6.07, 6.45) is 4.96. The van der Waals surface area contributed by atoms with E-state index in [1.54, 1.807) is 11.1 Å². The topological polar surface area (TPSA) is 24.3 Å². The van der Waals surface area contributed by atoms with Crippen molar-refractivity contribution < 1.29 is 0 Å². The third-order valence-corrected chi connectivity index (χ3v) is 16.9. The molecule has 1 fully saturated rings. The molecule has 0 amide bonds. The molecule has 1 aromatic heterocycles. The van der Waals surface area contributed by atoms with Crippen LogP contribution >= 0.6 is 0 Å². The van der Waals surface area contributed by atoms with Gasteiger partial charge in [-0.15, -0.1) is 0 Å². The minimum Gasteiger partial charge on any atom is -0.307 e. The fourth-order valence-corrected chi connectivity index (χ4v) is 14.4. The summed E-state index contributed by atoms with van der Waals surface area (Å²) < 4.78 is 2.63. The van der Waals surface area contributed by atoms with Gasteiger partial charge in [-0.05, 0) is 140 Å². The summed E-state index contributed by atoms with van der Waals surface area (Å²) in [5.41, 5.74) is 26.7. The monoisotopic (exact) mass is 798 g/mol. The zero-order valence-corrected chi connectivity index (χ0v) is 36.1. The molecule has 0 N–H and O–H groups in total. The van der Waals surface area contributed by atoms with E-state index in [9.17, 15) is 0 Å². The van der Waals surface area contributed by atoms with Crippen molar-refractivity contribution in [3.63, 3.8) is 0 Å². The van der Waals surface area contributed by atoms with Gasteiger partial charge in [-0.3, -0.25) is 4.57 Å². The Labute approximate surface area is 364 Å². The van der Waals surface area contributed by atoms with E-state index in [0.717, 1.165) is 18.2 Å². The standard InChI is InChI=1S/C57H47BN4/c1-32-27-28-56(5)31-33(32)29-37-42(56)30-44-52-48(37)58-43-23-13-21-40-50(43)62-51-41(57(40)38-19-11-9-17-35(38)36-18-10-12-20-39(36)57)22-14-24-46(51)60(34-15-7-6-8-16-34)47-26-25-45(49(58)53(47)62)61(52)54(59-44)55(2,3)4/h6-26,30,32-33H,27-29,31H2,1-5H3. The fraction of sp³-hybridized carbons (Fsp3) is 0.246. The Balaban J connectivity index is 1.16. The molecule has 5 heteroatoms. The summed E-state index contributed by atoms with van der Waals surface area (Å²) in [4.78, 5) is 11.1. The second-order valence-electron chi connectivity index (χ2n) is 21.0. The lowest BCUT2D eigenvalue weighted by molar-refractivity contribution is 0.155. The Morgan fingerprint density at radius 3 is 2.06 bits per heavy atom. The number of anilines is 6. The van der Waals surface area contributed by atoms with Crippen LogP contribution in [-0.4, -0.2) is 16.3 Å². The van der Waals surface area contributed by atoms with Crippen LogP contribution in [0.3, 0.4) is 0 Å². The number of nitrogens with zero attached hydrogens (tertiary/aromatic N) is 4. The van der Waals surface area contributed by atoms with Gasteiger partial charge in [-0.2, -0.15) is 0 Å². The third-order valence-electron chi connectivity index (χ3n) is 16.9. The Morgan fingerprint density at radius 2 is 1.31 bits per heavy atom. The van der Waals surface area contributed by atoms with Gasteiger partial charge in [0.25, 0.3) is 6.71 Å². The van der Waals surface area contributed by atoms with E-state index >= 15 is 0 Å². The third kappa shape index (κ3) is 3.74. The largest absolute Gasteiger partial charge is 0.307 e. The first kappa shape index (κ1) is 34.3. The molecule has 15 rings (SSSR count). The molecular weight excluding hydrogens is 751 g/mol. The van der Waals surface area contributed by atoms with E-state index in [1.807, 2.05) is 0 Å². The minimum absolute atomic E-state index is 0.0479. The van der Waals surface area contributed by atoms with E-state index in [1.165, 1.54) is 120 Å². The molecule has 7 aromatic carbocycles. The normalized spacial score (nSPS) is 21.8. The Hall–Kier alpha value is -6.33. The number of imidazole rings is 1. The lowest BCUT2D eigenvalue weighted by Gasteiger charge is -2.54. The van der Waals surface area contributed by atoms with Crippen molar-refractivity contribution >= 4 is 68.3 Å². The van der Waals surface area contributed by atoms with Crippen molar-refractivity contribution in [2.45, 2.75) is 76.5 Å². The molecule has 1 saturated carbocycles. The highest BCUT2D eigenvalue weighted by atomic mass is 15.3. The second kappa shape index (κ2) is 11.0. The van der Waals surface area contributed by atoms with Crippen molar-refractivity contribution in [2.75, 3.05) is 9.80 Å². The van der Waals surface area contributed by atoms with E-state index in [4.69, 9.17) is 4.98 Å². The molecule has 5 heterocycles. The minimum atomic E-state index is -0.503. The van der Waals surface area contributed by atoms with Crippen LogP contribution in [0.15, 0.2) is 133 Å². The zero-order valence-electron chi connectivity index (χ0n) is 36.1. The average molecular weight is 799 g/mol. The van der Waals surface area contributed by atoms with Gasteiger partial charge in [0.2, 0.25) is 0 Å². The Bertz CT molecular complexity index is 3320. The van der Waals surface area contributed by atoms with Crippen LogP contribution < -0.4 is 26.2 Å². The number of hydrogen-bond acceptors (Lipinski definition) is 3. The summed E-state index contributed by atoms with van der Waals surface area (Å²) in [6.45, 7) is 12.2. The van der Waals surface area contributed by atoms with E-state index in [2.05, 4.69) is 182 Å². The van der Waals surface area contributed by atoms with Crippen LogP contribution in [-0.2, 0) is 22.7 Å². The molecule has 4 nitrogen and oxygen atoms in total.